The zero-order chi connectivity index (χ0) is 14.2. The number of nitrogens with two attached hydrogens (primary N) is 1. The van der Waals surface area contributed by atoms with Gasteiger partial charge in [0.05, 0.1) is 33.2 Å². The third-order valence-electron chi connectivity index (χ3n) is 2.41. The maximum atomic E-state index is 12.6. The van der Waals surface area contributed by atoms with Crippen molar-refractivity contribution in [1.82, 2.24) is 4.98 Å². The molecule has 0 radical (unpaired) electrons. The lowest BCUT2D eigenvalue weighted by molar-refractivity contribution is -0.137. The number of rotatable bonds is 1. The third-order valence-corrected chi connectivity index (χ3v) is 3.01. The maximum absolute atomic E-state index is 12.6. The summed E-state index contributed by atoms with van der Waals surface area (Å²) in [5.74, 6) is 0. The fourth-order valence-electron chi connectivity index (χ4n) is 1.53. The van der Waals surface area contributed by atoms with Gasteiger partial charge in [0.1, 0.15) is 0 Å². The van der Waals surface area contributed by atoms with Crippen LogP contribution in [0.25, 0.3) is 11.3 Å². The van der Waals surface area contributed by atoms with Gasteiger partial charge in [0.15, 0.2) is 0 Å². The lowest BCUT2D eigenvalue weighted by Gasteiger charge is -2.12. The molecule has 19 heavy (non-hydrogen) atoms. The van der Waals surface area contributed by atoms with Crippen molar-refractivity contribution in [1.29, 1.82) is 0 Å². The number of anilines is 1. The van der Waals surface area contributed by atoms with Gasteiger partial charge in [-0.15, -0.1) is 0 Å². The van der Waals surface area contributed by atoms with Crippen molar-refractivity contribution in [3.05, 3.63) is 46.1 Å². The van der Waals surface area contributed by atoms with Gasteiger partial charge in [-0.3, -0.25) is 4.98 Å². The van der Waals surface area contributed by atoms with E-state index in [2.05, 4.69) is 4.98 Å². The molecule has 0 spiro atoms. The van der Waals surface area contributed by atoms with Gasteiger partial charge in [0.25, 0.3) is 0 Å². The van der Waals surface area contributed by atoms with Crippen molar-refractivity contribution in [3.63, 3.8) is 0 Å². The summed E-state index contributed by atoms with van der Waals surface area (Å²) in [6.45, 7) is 0. The Hall–Kier alpha value is -1.46. The number of hydrogen-bond acceptors (Lipinski definition) is 2. The van der Waals surface area contributed by atoms with Crippen LogP contribution in [-0.4, -0.2) is 4.98 Å². The number of alkyl halides is 3. The zero-order valence-electron chi connectivity index (χ0n) is 9.30. The normalized spacial score (nSPS) is 11.6. The summed E-state index contributed by atoms with van der Waals surface area (Å²) in [6.07, 6.45) is -3.12. The van der Waals surface area contributed by atoms with E-state index >= 15 is 0 Å². The van der Waals surface area contributed by atoms with Crippen LogP contribution in [0.5, 0.6) is 0 Å². The third kappa shape index (κ3) is 2.93. The molecule has 1 aromatic heterocycles. The van der Waals surface area contributed by atoms with Crippen LogP contribution < -0.4 is 5.73 Å². The molecular weight excluding hydrogens is 300 g/mol. The minimum Gasteiger partial charge on any atom is -0.397 e. The first-order chi connectivity index (χ1) is 8.79. The van der Waals surface area contributed by atoms with Crippen LogP contribution in [0.2, 0.25) is 10.0 Å². The molecule has 0 amide bonds. The molecule has 0 fully saturated rings. The monoisotopic (exact) mass is 306 g/mol. The van der Waals surface area contributed by atoms with Crippen LogP contribution >= 0.6 is 23.2 Å². The molecule has 0 bridgehead atoms. The molecule has 0 aliphatic carbocycles. The number of nitrogen functional groups attached to an aromatic ring is 1. The van der Waals surface area contributed by atoms with Gasteiger partial charge in [0, 0.05) is 5.56 Å². The summed E-state index contributed by atoms with van der Waals surface area (Å²) in [7, 11) is 0. The van der Waals surface area contributed by atoms with Gasteiger partial charge in [-0.1, -0.05) is 23.2 Å². The van der Waals surface area contributed by atoms with Crippen LogP contribution in [0.1, 0.15) is 5.56 Å². The first-order valence-electron chi connectivity index (χ1n) is 5.07. The van der Waals surface area contributed by atoms with Gasteiger partial charge >= 0.3 is 6.18 Å². The molecule has 100 valence electrons. The van der Waals surface area contributed by atoms with Crippen molar-refractivity contribution >= 4 is 28.9 Å². The Kier molecular flexibility index (Phi) is 3.60. The topological polar surface area (TPSA) is 38.9 Å². The molecule has 0 aliphatic rings. The highest BCUT2D eigenvalue weighted by Crippen LogP contribution is 2.39. The number of halogens is 5. The van der Waals surface area contributed by atoms with Crippen molar-refractivity contribution in [2.45, 2.75) is 6.18 Å². The van der Waals surface area contributed by atoms with Gasteiger partial charge in [0.2, 0.25) is 0 Å². The molecule has 2 N–H and O–H groups in total. The van der Waals surface area contributed by atoms with Gasteiger partial charge in [-0.25, -0.2) is 0 Å². The molecule has 0 aliphatic heterocycles. The Labute approximate surface area is 117 Å². The fourth-order valence-corrected chi connectivity index (χ4v) is 2.22. The summed E-state index contributed by atoms with van der Waals surface area (Å²) >= 11 is 11.7. The van der Waals surface area contributed by atoms with Crippen LogP contribution in [0.4, 0.5) is 18.9 Å². The summed E-state index contributed by atoms with van der Waals surface area (Å²) in [4.78, 5) is 3.99. The quantitative estimate of drug-likeness (QED) is 0.832. The molecule has 0 saturated carbocycles. The second-order valence-electron chi connectivity index (χ2n) is 3.79. The van der Waals surface area contributed by atoms with Crippen molar-refractivity contribution < 1.29 is 13.2 Å². The Morgan fingerprint density at radius 2 is 1.63 bits per heavy atom. The Morgan fingerprint density at radius 3 is 2.05 bits per heavy atom. The van der Waals surface area contributed by atoms with Crippen molar-refractivity contribution in [2.24, 2.45) is 0 Å². The molecule has 0 saturated heterocycles. The van der Waals surface area contributed by atoms with Gasteiger partial charge in [-0.2, -0.15) is 13.2 Å². The SMILES string of the molecule is Nc1ccc(-c2c(Cl)cc(C(F)(F)F)cc2Cl)nc1. The van der Waals surface area contributed by atoms with Crippen molar-refractivity contribution in [2.75, 3.05) is 5.73 Å². The van der Waals surface area contributed by atoms with E-state index in [0.29, 0.717) is 11.4 Å². The maximum Gasteiger partial charge on any atom is 0.416 e. The molecule has 7 heteroatoms. The van der Waals surface area contributed by atoms with Crippen LogP contribution in [0.3, 0.4) is 0 Å². The minimum atomic E-state index is -4.50. The van der Waals surface area contributed by atoms with E-state index in [9.17, 15) is 13.2 Å². The van der Waals surface area contributed by atoms with E-state index in [1.165, 1.54) is 12.3 Å². The highest BCUT2D eigenvalue weighted by molar-refractivity contribution is 6.39. The summed E-state index contributed by atoms with van der Waals surface area (Å²) in [5.41, 5.74) is 5.62. The Bertz CT molecular complexity index is 586. The molecule has 2 aromatic rings. The fraction of sp³-hybridized carbons (Fsp3) is 0.0833. The Morgan fingerprint density at radius 1 is 1.05 bits per heavy atom. The first-order valence-corrected chi connectivity index (χ1v) is 5.83. The predicted molar refractivity (Wildman–Crippen MR) is 69.1 cm³/mol. The van der Waals surface area contributed by atoms with Crippen LogP contribution in [0.15, 0.2) is 30.5 Å². The molecule has 1 aromatic carbocycles. The lowest BCUT2D eigenvalue weighted by atomic mass is 10.1. The van der Waals surface area contributed by atoms with E-state index in [4.69, 9.17) is 28.9 Å². The second kappa shape index (κ2) is 4.90. The second-order valence-corrected chi connectivity index (χ2v) is 4.60. The predicted octanol–water partition coefficient (Wildman–Crippen LogP) is 4.66. The van der Waals surface area contributed by atoms with E-state index in [0.717, 1.165) is 12.1 Å². The standard InChI is InChI=1S/C12H7Cl2F3N2/c13-8-3-6(12(15,16)17)4-9(14)11(8)10-2-1-7(18)5-19-10/h1-5H,18H2. The smallest absolute Gasteiger partial charge is 0.397 e. The summed E-state index contributed by atoms with van der Waals surface area (Å²) in [6, 6.07) is 4.74. The largest absolute Gasteiger partial charge is 0.416 e. The summed E-state index contributed by atoms with van der Waals surface area (Å²) in [5, 5.41) is -0.228. The number of hydrogen-bond donors (Lipinski definition) is 1. The molecule has 2 rings (SSSR count). The average Bonchev–Trinajstić information content (AvgIpc) is 2.29. The average molecular weight is 307 g/mol. The highest BCUT2D eigenvalue weighted by Gasteiger charge is 2.32. The lowest BCUT2D eigenvalue weighted by Crippen LogP contribution is -2.05. The number of nitrogens with zero attached hydrogens (tertiary/aromatic N) is 1. The molecule has 1 heterocycles. The highest BCUT2D eigenvalue weighted by atomic mass is 35.5. The van der Waals surface area contributed by atoms with E-state index in [-0.39, 0.29) is 15.6 Å². The summed E-state index contributed by atoms with van der Waals surface area (Å²) < 4.78 is 37.8. The zero-order valence-corrected chi connectivity index (χ0v) is 10.8. The molecular formula is C12H7Cl2F3N2. The van der Waals surface area contributed by atoms with Crippen LogP contribution in [-0.2, 0) is 6.18 Å². The first kappa shape index (κ1) is 14.0. The van der Waals surface area contributed by atoms with Crippen molar-refractivity contribution in [3.8, 4) is 11.3 Å². The van der Waals surface area contributed by atoms with Gasteiger partial charge < -0.3 is 5.73 Å². The van der Waals surface area contributed by atoms with Gasteiger partial charge in [-0.05, 0) is 24.3 Å². The minimum absolute atomic E-state index is 0.114. The van der Waals surface area contributed by atoms with E-state index < -0.39 is 11.7 Å². The number of benzene rings is 1. The Balaban J connectivity index is 2.57. The molecule has 0 atom stereocenters. The van der Waals surface area contributed by atoms with Crippen LogP contribution in [0, 0.1) is 0 Å². The van der Waals surface area contributed by atoms with E-state index in [1.54, 1.807) is 6.07 Å². The molecule has 2 nitrogen and oxygen atoms in total. The number of aromatic nitrogens is 1. The molecule has 0 unspecified atom stereocenters. The van der Waals surface area contributed by atoms with E-state index in [1.807, 2.05) is 0 Å². The number of pyridine rings is 1.